The van der Waals surface area contributed by atoms with Gasteiger partial charge >= 0.3 is 6.18 Å². The second-order valence-electron chi connectivity index (χ2n) is 4.52. The molecule has 8 heteroatoms. The van der Waals surface area contributed by atoms with Crippen molar-refractivity contribution < 1.29 is 22.7 Å². The van der Waals surface area contributed by atoms with E-state index in [2.05, 4.69) is 10.4 Å². The highest BCUT2D eigenvalue weighted by Gasteiger charge is 2.62. The first-order chi connectivity index (χ1) is 8.83. The third-order valence-electron chi connectivity index (χ3n) is 3.47. The summed E-state index contributed by atoms with van der Waals surface area (Å²) in [5, 5.41) is 6.38. The van der Waals surface area contributed by atoms with E-state index in [9.17, 15) is 18.0 Å². The Balaban J connectivity index is 2.49. The molecule has 2 rings (SSSR count). The number of rotatable bonds is 3. The molecule has 1 aromatic rings. The Labute approximate surface area is 107 Å². The topological polar surface area (TPSA) is 56.2 Å². The van der Waals surface area contributed by atoms with Crippen molar-refractivity contribution in [3.63, 3.8) is 0 Å². The molecule has 2 heterocycles. The summed E-state index contributed by atoms with van der Waals surface area (Å²) in [5.41, 5.74) is -2.54. The van der Waals surface area contributed by atoms with E-state index in [0.717, 1.165) is 4.68 Å². The minimum atomic E-state index is -4.61. The van der Waals surface area contributed by atoms with Gasteiger partial charge in [-0.25, -0.2) is 0 Å². The fourth-order valence-electron chi connectivity index (χ4n) is 2.31. The number of nitrogens with one attached hydrogen (secondary N) is 1. The smallest absolute Gasteiger partial charge is 0.403 e. The average molecular weight is 277 g/mol. The third kappa shape index (κ3) is 1.99. The highest BCUT2D eigenvalue weighted by Crippen LogP contribution is 2.46. The molecule has 0 saturated carbocycles. The van der Waals surface area contributed by atoms with Crippen LogP contribution in [0.3, 0.4) is 0 Å². The van der Waals surface area contributed by atoms with Gasteiger partial charge in [-0.05, 0) is 13.0 Å². The maximum absolute atomic E-state index is 13.3. The van der Waals surface area contributed by atoms with E-state index in [1.165, 1.54) is 20.4 Å². The summed E-state index contributed by atoms with van der Waals surface area (Å²) >= 11 is 0. The highest BCUT2D eigenvalue weighted by atomic mass is 19.4. The molecule has 1 aliphatic heterocycles. The Bertz CT molecular complexity index is 490. The van der Waals surface area contributed by atoms with Gasteiger partial charge in [0.1, 0.15) is 11.1 Å². The molecule has 0 amide bonds. The number of ketones is 1. The molecule has 0 aliphatic carbocycles. The van der Waals surface area contributed by atoms with Crippen LogP contribution in [0.15, 0.2) is 6.20 Å². The molecule has 1 fully saturated rings. The Morgan fingerprint density at radius 1 is 1.58 bits per heavy atom. The van der Waals surface area contributed by atoms with Crippen molar-refractivity contribution in [1.29, 1.82) is 0 Å². The molecule has 106 valence electrons. The largest absolute Gasteiger partial charge is 0.493 e. The minimum absolute atomic E-state index is 0.0584. The molecule has 0 radical (unpaired) electrons. The lowest BCUT2D eigenvalue weighted by atomic mass is 9.80. The zero-order valence-electron chi connectivity index (χ0n) is 10.5. The number of hydrogen-bond donors (Lipinski definition) is 1. The lowest BCUT2D eigenvalue weighted by Crippen LogP contribution is -2.47. The average Bonchev–Trinajstić information content (AvgIpc) is 2.94. The van der Waals surface area contributed by atoms with Gasteiger partial charge in [-0.1, -0.05) is 0 Å². The molecule has 0 bridgehead atoms. The number of hydrogen-bond acceptors (Lipinski definition) is 4. The van der Waals surface area contributed by atoms with Crippen LogP contribution in [0.2, 0.25) is 0 Å². The number of methoxy groups -OCH3 is 1. The zero-order chi connectivity index (χ0) is 14.3. The van der Waals surface area contributed by atoms with E-state index >= 15 is 0 Å². The van der Waals surface area contributed by atoms with Crippen molar-refractivity contribution >= 4 is 5.78 Å². The Morgan fingerprint density at radius 3 is 2.74 bits per heavy atom. The number of alkyl halides is 3. The normalized spacial score (nSPS) is 23.6. The maximum atomic E-state index is 13.3. The molecule has 19 heavy (non-hydrogen) atoms. The van der Waals surface area contributed by atoms with E-state index in [1.54, 1.807) is 0 Å². The number of carbonyl (C=O) groups excluding carboxylic acids is 1. The fourth-order valence-corrected chi connectivity index (χ4v) is 2.31. The van der Waals surface area contributed by atoms with E-state index in [4.69, 9.17) is 4.74 Å². The number of carbonyl (C=O) groups is 1. The summed E-state index contributed by atoms with van der Waals surface area (Å²) in [6.07, 6.45) is -3.65. The monoisotopic (exact) mass is 277 g/mol. The van der Waals surface area contributed by atoms with Crippen LogP contribution in [0.25, 0.3) is 0 Å². The molecule has 1 atom stereocenters. The van der Waals surface area contributed by atoms with Gasteiger partial charge in [0.2, 0.25) is 5.78 Å². The number of halogens is 3. The molecule has 0 aromatic carbocycles. The number of nitrogens with zero attached hydrogens (tertiary/aromatic N) is 2. The second-order valence-corrected chi connectivity index (χ2v) is 4.52. The SMILES string of the molecule is COc1cnn(C)c1C(=O)C1(C(F)(F)F)CCNC1. The van der Waals surface area contributed by atoms with E-state index in [0.29, 0.717) is 0 Å². The number of aromatic nitrogens is 2. The number of aryl methyl sites for hydroxylation is 1. The lowest BCUT2D eigenvalue weighted by Gasteiger charge is -2.29. The Kier molecular flexibility index (Phi) is 3.29. The minimum Gasteiger partial charge on any atom is -0.493 e. The molecule has 1 aliphatic rings. The summed E-state index contributed by atoms with van der Waals surface area (Å²) in [4.78, 5) is 12.4. The van der Waals surface area contributed by atoms with Gasteiger partial charge in [0.25, 0.3) is 0 Å². The van der Waals surface area contributed by atoms with Crippen molar-refractivity contribution in [3.05, 3.63) is 11.9 Å². The lowest BCUT2D eigenvalue weighted by molar-refractivity contribution is -0.197. The first-order valence-corrected chi connectivity index (χ1v) is 5.72. The highest BCUT2D eigenvalue weighted by molar-refractivity contribution is 6.02. The predicted octanol–water partition coefficient (Wildman–Crippen LogP) is 1.15. The zero-order valence-corrected chi connectivity index (χ0v) is 10.5. The van der Waals surface area contributed by atoms with Crippen LogP contribution in [-0.2, 0) is 7.05 Å². The van der Waals surface area contributed by atoms with E-state index in [1.807, 2.05) is 0 Å². The molecule has 1 N–H and O–H groups in total. The summed E-state index contributed by atoms with van der Waals surface area (Å²) in [6, 6.07) is 0. The molecular weight excluding hydrogens is 263 g/mol. The Morgan fingerprint density at radius 2 is 2.26 bits per heavy atom. The van der Waals surface area contributed by atoms with Gasteiger partial charge in [0.05, 0.1) is 13.3 Å². The molecule has 5 nitrogen and oxygen atoms in total. The van der Waals surface area contributed by atoms with Crippen LogP contribution in [-0.4, -0.2) is 41.9 Å². The molecule has 1 saturated heterocycles. The molecule has 1 unspecified atom stereocenters. The predicted molar refractivity (Wildman–Crippen MR) is 60.1 cm³/mol. The number of Topliss-reactive ketones (excluding diaryl/α,β-unsaturated/α-hetero) is 1. The summed E-state index contributed by atoms with van der Waals surface area (Å²) < 4.78 is 45.9. The Hall–Kier alpha value is -1.57. The van der Waals surface area contributed by atoms with Crippen LogP contribution in [0.5, 0.6) is 5.75 Å². The summed E-state index contributed by atoms with van der Waals surface area (Å²) in [5.74, 6) is -0.940. The maximum Gasteiger partial charge on any atom is 0.403 e. The quantitative estimate of drug-likeness (QED) is 0.842. The van der Waals surface area contributed by atoms with Gasteiger partial charge in [-0.2, -0.15) is 18.3 Å². The first kappa shape index (κ1) is 13.9. The van der Waals surface area contributed by atoms with Gasteiger partial charge in [-0.3, -0.25) is 9.48 Å². The third-order valence-corrected chi connectivity index (χ3v) is 3.47. The van der Waals surface area contributed by atoms with Gasteiger partial charge in [0.15, 0.2) is 5.75 Å². The summed E-state index contributed by atoms with van der Waals surface area (Å²) in [7, 11) is 2.71. The van der Waals surface area contributed by atoms with Crippen LogP contribution >= 0.6 is 0 Å². The number of ether oxygens (including phenoxy) is 1. The first-order valence-electron chi connectivity index (χ1n) is 5.72. The molecule has 0 spiro atoms. The van der Waals surface area contributed by atoms with Crippen molar-refractivity contribution in [3.8, 4) is 5.75 Å². The van der Waals surface area contributed by atoms with Gasteiger partial charge in [-0.15, -0.1) is 0 Å². The van der Waals surface area contributed by atoms with Crippen molar-refractivity contribution in [2.24, 2.45) is 12.5 Å². The summed E-state index contributed by atoms with van der Waals surface area (Å²) in [6.45, 7) is -0.255. The van der Waals surface area contributed by atoms with Crippen LogP contribution in [0.1, 0.15) is 16.9 Å². The van der Waals surface area contributed by atoms with Crippen LogP contribution in [0, 0.1) is 5.41 Å². The van der Waals surface area contributed by atoms with Crippen molar-refractivity contribution in [2.75, 3.05) is 20.2 Å². The van der Waals surface area contributed by atoms with Crippen molar-refractivity contribution in [2.45, 2.75) is 12.6 Å². The fraction of sp³-hybridized carbons (Fsp3) is 0.636. The van der Waals surface area contributed by atoms with Gasteiger partial charge in [0, 0.05) is 13.6 Å². The second kappa shape index (κ2) is 4.52. The van der Waals surface area contributed by atoms with Crippen LogP contribution in [0.4, 0.5) is 13.2 Å². The standard InChI is InChI=1S/C11H14F3N3O2/c1-17-8(7(19-2)5-16-17)9(18)10(11(12,13)14)3-4-15-6-10/h5,15H,3-4,6H2,1-2H3. The van der Waals surface area contributed by atoms with Gasteiger partial charge < -0.3 is 10.1 Å². The van der Waals surface area contributed by atoms with E-state index in [-0.39, 0.29) is 24.4 Å². The van der Waals surface area contributed by atoms with E-state index < -0.39 is 23.9 Å². The van der Waals surface area contributed by atoms with Crippen molar-refractivity contribution in [1.82, 2.24) is 15.1 Å². The van der Waals surface area contributed by atoms with Crippen LogP contribution < -0.4 is 10.1 Å². The molecular formula is C11H14F3N3O2. The molecule has 1 aromatic heterocycles.